The number of aliphatic imine (C=N–C) groups is 1. The van der Waals surface area contributed by atoms with Gasteiger partial charge < -0.3 is 15.1 Å². The second kappa shape index (κ2) is 8.76. The second-order valence-electron chi connectivity index (χ2n) is 6.92. The van der Waals surface area contributed by atoms with Crippen molar-refractivity contribution in [2.75, 3.05) is 39.3 Å². The lowest BCUT2D eigenvalue weighted by molar-refractivity contribution is 0.255. The van der Waals surface area contributed by atoms with Crippen LogP contribution in [0.15, 0.2) is 4.99 Å². The summed E-state index contributed by atoms with van der Waals surface area (Å²) in [6.45, 7) is 15.8. The van der Waals surface area contributed by atoms with Crippen molar-refractivity contribution in [1.29, 1.82) is 0 Å². The van der Waals surface area contributed by atoms with E-state index in [2.05, 4.69) is 42.8 Å². The number of nitrogens with one attached hydrogen (secondary N) is 1. The predicted molar refractivity (Wildman–Crippen MR) is 95.4 cm³/mol. The molecule has 3 atom stereocenters. The van der Waals surface area contributed by atoms with Crippen LogP contribution in [0.25, 0.3) is 0 Å². The lowest BCUT2D eigenvalue weighted by Crippen LogP contribution is -2.42. The largest absolute Gasteiger partial charge is 0.353 e. The molecule has 22 heavy (non-hydrogen) atoms. The zero-order valence-electron chi connectivity index (χ0n) is 15.1. The molecule has 0 spiro atoms. The summed E-state index contributed by atoms with van der Waals surface area (Å²) in [6.07, 6.45) is 5.32. The Kier molecular flexibility index (Phi) is 7.00. The zero-order valence-corrected chi connectivity index (χ0v) is 15.1. The van der Waals surface area contributed by atoms with Crippen LogP contribution in [0.3, 0.4) is 0 Å². The minimum Gasteiger partial charge on any atom is -0.353 e. The van der Waals surface area contributed by atoms with Crippen molar-refractivity contribution in [3.8, 4) is 0 Å². The quantitative estimate of drug-likeness (QED) is 0.552. The Bertz CT molecular complexity index is 351. The van der Waals surface area contributed by atoms with Crippen LogP contribution in [-0.4, -0.2) is 61.1 Å². The molecule has 1 saturated carbocycles. The Balaban J connectivity index is 1.82. The van der Waals surface area contributed by atoms with E-state index in [0.29, 0.717) is 6.04 Å². The number of likely N-dealkylation sites (tertiary alicyclic amines) is 1. The van der Waals surface area contributed by atoms with Crippen LogP contribution in [0.1, 0.15) is 53.4 Å². The van der Waals surface area contributed by atoms with Gasteiger partial charge in [-0.1, -0.05) is 27.2 Å². The summed E-state index contributed by atoms with van der Waals surface area (Å²) in [7, 11) is 0. The highest BCUT2D eigenvalue weighted by Crippen LogP contribution is 2.34. The highest BCUT2D eigenvalue weighted by atomic mass is 15.3. The molecule has 0 aromatic carbocycles. The number of rotatable bonds is 8. The second-order valence-corrected chi connectivity index (χ2v) is 6.92. The van der Waals surface area contributed by atoms with Crippen molar-refractivity contribution in [2.45, 2.75) is 59.4 Å². The van der Waals surface area contributed by atoms with E-state index in [1.54, 1.807) is 0 Å². The molecule has 0 amide bonds. The van der Waals surface area contributed by atoms with Gasteiger partial charge in [-0.05, 0) is 51.1 Å². The standard InChI is InChI=1S/C18H36N4/c1-5-9-16-12-17(16)20-18(19-6-2)22-11-10-15(14-22)13-21(7-3)8-4/h15-17H,5-14H2,1-4H3,(H,19,20). The molecule has 1 heterocycles. The third-order valence-corrected chi connectivity index (χ3v) is 5.20. The van der Waals surface area contributed by atoms with E-state index in [-0.39, 0.29) is 0 Å². The molecule has 128 valence electrons. The summed E-state index contributed by atoms with van der Waals surface area (Å²) >= 11 is 0. The Morgan fingerprint density at radius 1 is 1.23 bits per heavy atom. The molecule has 0 aromatic rings. The normalized spacial score (nSPS) is 28.5. The minimum atomic E-state index is 0.687. The molecule has 0 radical (unpaired) electrons. The van der Waals surface area contributed by atoms with E-state index in [1.165, 1.54) is 64.4 Å². The van der Waals surface area contributed by atoms with Gasteiger partial charge in [-0.25, -0.2) is 0 Å². The van der Waals surface area contributed by atoms with Crippen molar-refractivity contribution in [3.05, 3.63) is 0 Å². The number of hydrogen-bond acceptors (Lipinski definition) is 2. The number of nitrogens with zero attached hydrogens (tertiary/aromatic N) is 3. The first-order valence-corrected chi connectivity index (χ1v) is 9.49. The van der Waals surface area contributed by atoms with Crippen molar-refractivity contribution in [1.82, 2.24) is 15.1 Å². The molecule has 3 unspecified atom stereocenters. The van der Waals surface area contributed by atoms with E-state index in [4.69, 9.17) is 4.99 Å². The number of hydrogen-bond donors (Lipinski definition) is 1. The van der Waals surface area contributed by atoms with Crippen LogP contribution in [0, 0.1) is 11.8 Å². The summed E-state index contributed by atoms with van der Waals surface area (Å²) in [5.41, 5.74) is 0. The average Bonchev–Trinajstić information content (AvgIpc) is 3.08. The average molecular weight is 309 g/mol. The summed E-state index contributed by atoms with van der Waals surface area (Å²) < 4.78 is 0. The van der Waals surface area contributed by atoms with Crippen LogP contribution < -0.4 is 5.32 Å². The van der Waals surface area contributed by atoms with Crippen LogP contribution in [0.5, 0.6) is 0 Å². The SMILES string of the molecule is CCCC1CC1NC(=NCC)N1CCC(CN(CC)CC)C1. The van der Waals surface area contributed by atoms with Crippen LogP contribution in [0.2, 0.25) is 0 Å². The maximum absolute atomic E-state index is 4.75. The fourth-order valence-electron chi connectivity index (χ4n) is 3.69. The van der Waals surface area contributed by atoms with Gasteiger partial charge in [0.25, 0.3) is 0 Å². The summed E-state index contributed by atoms with van der Waals surface area (Å²) in [4.78, 5) is 9.80. The topological polar surface area (TPSA) is 30.9 Å². The van der Waals surface area contributed by atoms with Gasteiger partial charge >= 0.3 is 0 Å². The van der Waals surface area contributed by atoms with Crippen LogP contribution in [0.4, 0.5) is 0 Å². The summed E-state index contributed by atoms with van der Waals surface area (Å²) in [6, 6.07) is 0.687. The molecule has 2 aliphatic rings. The molecule has 2 fully saturated rings. The zero-order chi connectivity index (χ0) is 15.9. The van der Waals surface area contributed by atoms with E-state index in [9.17, 15) is 0 Å². The van der Waals surface area contributed by atoms with E-state index >= 15 is 0 Å². The van der Waals surface area contributed by atoms with Crippen molar-refractivity contribution in [2.24, 2.45) is 16.8 Å². The van der Waals surface area contributed by atoms with Gasteiger partial charge in [-0.2, -0.15) is 0 Å². The molecular formula is C18H36N4. The summed E-state index contributed by atoms with van der Waals surface area (Å²) in [5, 5.41) is 3.73. The maximum Gasteiger partial charge on any atom is 0.194 e. The Morgan fingerprint density at radius 3 is 2.64 bits per heavy atom. The van der Waals surface area contributed by atoms with Crippen molar-refractivity contribution < 1.29 is 0 Å². The van der Waals surface area contributed by atoms with Crippen LogP contribution in [-0.2, 0) is 0 Å². The molecule has 1 aliphatic carbocycles. The molecule has 0 aromatic heterocycles. The summed E-state index contributed by atoms with van der Waals surface area (Å²) in [5.74, 6) is 2.86. The molecule has 4 nitrogen and oxygen atoms in total. The van der Waals surface area contributed by atoms with Crippen molar-refractivity contribution >= 4 is 5.96 Å². The molecular weight excluding hydrogens is 272 g/mol. The molecule has 1 saturated heterocycles. The first kappa shape index (κ1) is 17.6. The van der Waals surface area contributed by atoms with Crippen LogP contribution >= 0.6 is 0 Å². The lowest BCUT2D eigenvalue weighted by Gasteiger charge is -2.24. The third kappa shape index (κ3) is 4.87. The number of guanidine groups is 1. The first-order chi connectivity index (χ1) is 10.7. The van der Waals surface area contributed by atoms with Gasteiger partial charge in [0.2, 0.25) is 0 Å². The lowest BCUT2D eigenvalue weighted by atomic mass is 10.1. The molecule has 0 bridgehead atoms. The first-order valence-electron chi connectivity index (χ1n) is 9.49. The maximum atomic E-state index is 4.75. The molecule has 1 aliphatic heterocycles. The Labute approximate surface area is 137 Å². The molecule has 2 rings (SSSR count). The fourth-order valence-corrected chi connectivity index (χ4v) is 3.69. The van der Waals surface area contributed by atoms with Gasteiger partial charge in [-0.3, -0.25) is 4.99 Å². The molecule has 1 N–H and O–H groups in total. The fraction of sp³-hybridized carbons (Fsp3) is 0.944. The van der Waals surface area contributed by atoms with E-state index in [0.717, 1.165) is 18.4 Å². The monoisotopic (exact) mass is 308 g/mol. The van der Waals surface area contributed by atoms with Gasteiger partial charge in [0.15, 0.2) is 5.96 Å². The highest BCUT2D eigenvalue weighted by Gasteiger charge is 2.38. The van der Waals surface area contributed by atoms with E-state index < -0.39 is 0 Å². The highest BCUT2D eigenvalue weighted by molar-refractivity contribution is 5.81. The van der Waals surface area contributed by atoms with E-state index in [1.807, 2.05) is 0 Å². The third-order valence-electron chi connectivity index (χ3n) is 5.20. The van der Waals surface area contributed by atoms with Gasteiger partial charge in [0, 0.05) is 32.2 Å². The minimum absolute atomic E-state index is 0.687. The van der Waals surface area contributed by atoms with Gasteiger partial charge in [0.1, 0.15) is 0 Å². The van der Waals surface area contributed by atoms with Gasteiger partial charge in [-0.15, -0.1) is 0 Å². The van der Waals surface area contributed by atoms with Crippen molar-refractivity contribution in [3.63, 3.8) is 0 Å². The predicted octanol–water partition coefficient (Wildman–Crippen LogP) is 2.80. The Morgan fingerprint density at radius 2 is 2.00 bits per heavy atom. The van der Waals surface area contributed by atoms with Gasteiger partial charge in [0.05, 0.1) is 0 Å². The Hall–Kier alpha value is -0.770. The molecule has 4 heteroatoms. The smallest absolute Gasteiger partial charge is 0.194 e.